The minimum Gasteiger partial charge on any atom is -0.354 e. The average Bonchev–Trinajstić information content (AvgIpc) is 2.86. The Morgan fingerprint density at radius 3 is 2.94 bits per heavy atom. The number of piperazine rings is 1. The molecule has 0 bridgehead atoms. The molecule has 0 saturated carbocycles. The number of fused-ring (bicyclic) bond motifs is 1. The molecule has 0 spiro atoms. The fraction of sp³-hybridized carbons (Fsp3) is 0.643. The Morgan fingerprint density at radius 1 is 1.33 bits per heavy atom. The fourth-order valence-corrected chi connectivity index (χ4v) is 3.05. The van der Waals surface area contributed by atoms with Gasteiger partial charge in [-0.3, -0.25) is 4.90 Å². The molecule has 2 atom stereocenters. The normalized spacial score (nSPS) is 26.1. The molecule has 3 heterocycles. The van der Waals surface area contributed by atoms with Gasteiger partial charge >= 0.3 is 0 Å². The highest BCUT2D eigenvalue weighted by molar-refractivity contribution is 5.40. The molecule has 0 amide bonds. The van der Waals surface area contributed by atoms with Crippen molar-refractivity contribution in [3.63, 3.8) is 0 Å². The van der Waals surface area contributed by atoms with Crippen LogP contribution in [0.15, 0.2) is 18.3 Å². The lowest BCUT2D eigenvalue weighted by Gasteiger charge is -2.38. The van der Waals surface area contributed by atoms with Crippen molar-refractivity contribution in [1.29, 1.82) is 0 Å². The first kappa shape index (κ1) is 11.9. The number of hydrogen-bond acceptors (Lipinski definition) is 4. The Bertz CT molecular complexity index is 401. The molecule has 1 aromatic heterocycles. The van der Waals surface area contributed by atoms with Gasteiger partial charge in [-0.1, -0.05) is 6.07 Å². The summed E-state index contributed by atoms with van der Waals surface area (Å²) in [5, 5.41) is 0. The van der Waals surface area contributed by atoms with Crippen molar-refractivity contribution < 1.29 is 0 Å². The quantitative estimate of drug-likeness (QED) is 0.856. The molecule has 0 aromatic carbocycles. The third-order valence-electron chi connectivity index (χ3n) is 4.21. The van der Waals surface area contributed by atoms with E-state index >= 15 is 0 Å². The largest absolute Gasteiger partial charge is 0.354 e. The van der Waals surface area contributed by atoms with E-state index in [4.69, 9.17) is 5.73 Å². The van der Waals surface area contributed by atoms with Crippen molar-refractivity contribution in [3.8, 4) is 0 Å². The number of nitrogens with zero attached hydrogens (tertiary/aromatic N) is 3. The molecule has 98 valence electrons. The van der Waals surface area contributed by atoms with Crippen LogP contribution in [0.4, 0.5) is 5.82 Å². The highest BCUT2D eigenvalue weighted by atomic mass is 15.3. The smallest absolute Gasteiger partial charge is 0.128 e. The summed E-state index contributed by atoms with van der Waals surface area (Å²) in [6.45, 7) is 6.69. The van der Waals surface area contributed by atoms with Crippen LogP contribution in [-0.2, 0) is 0 Å². The molecule has 0 radical (unpaired) electrons. The van der Waals surface area contributed by atoms with Gasteiger partial charge in [-0.2, -0.15) is 0 Å². The summed E-state index contributed by atoms with van der Waals surface area (Å²) in [4.78, 5) is 9.60. The second-order valence-electron chi connectivity index (χ2n) is 5.52. The Kier molecular flexibility index (Phi) is 3.22. The van der Waals surface area contributed by atoms with Crippen LogP contribution in [-0.4, -0.2) is 42.1 Å². The lowest BCUT2D eigenvalue weighted by molar-refractivity contribution is 0.230. The van der Waals surface area contributed by atoms with Crippen molar-refractivity contribution >= 4 is 5.82 Å². The van der Waals surface area contributed by atoms with Crippen molar-refractivity contribution in [1.82, 2.24) is 9.88 Å². The molecule has 4 heteroatoms. The summed E-state index contributed by atoms with van der Waals surface area (Å²) in [7, 11) is 0. The molecule has 1 aromatic rings. The van der Waals surface area contributed by atoms with E-state index in [1.807, 2.05) is 13.1 Å². The average molecular weight is 246 g/mol. The lowest BCUT2D eigenvalue weighted by atomic mass is 10.1. The maximum Gasteiger partial charge on any atom is 0.128 e. The zero-order chi connectivity index (χ0) is 12.5. The molecule has 2 aliphatic heterocycles. The number of anilines is 1. The molecule has 2 fully saturated rings. The van der Waals surface area contributed by atoms with E-state index in [1.165, 1.54) is 25.9 Å². The summed E-state index contributed by atoms with van der Waals surface area (Å²) in [5.41, 5.74) is 6.96. The van der Waals surface area contributed by atoms with Crippen LogP contribution in [0.5, 0.6) is 0 Å². The van der Waals surface area contributed by atoms with E-state index in [0.29, 0.717) is 0 Å². The lowest BCUT2D eigenvalue weighted by Crippen LogP contribution is -2.50. The summed E-state index contributed by atoms with van der Waals surface area (Å²) in [6.07, 6.45) is 4.62. The molecule has 0 aliphatic carbocycles. The van der Waals surface area contributed by atoms with Crippen LogP contribution >= 0.6 is 0 Å². The van der Waals surface area contributed by atoms with Crippen molar-refractivity contribution in [3.05, 3.63) is 23.9 Å². The van der Waals surface area contributed by atoms with Gasteiger partial charge in [0.05, 0.1) is 0 Å². The van der Waals surface area contributed by atoms with Crippen LogP contribution in [0.2, 0.25) is 0 Å². The van der Waals surface area contributed by atoms with E-state index in [2.05, 4.69) is 26.9 Å². The Hall–Kier alpha value is -1.13. The van der Waals surface area contributed by atoms with Gasteiger partial charge in [0.2, 0.25) is 0 Å². The molecular formula is C14H22N4. The van der Waals surface area contributed by atoms with E-state index in [9.17, 15) is 0 Å². The number of nitrogens with two attached hydrogens (primary N) is 1. The van der Waals surface area contributed by atoms with Crippen LogP contribution < -0.4 is 10.6 Å². The summed E-state index contributed by atoms with van der Waals surface area (Å²) < 4.78 is 0. The topological polar surface area (TPSA) is 45.4 Å². The van der Waals surface area contributed by atoms with Gasteiger partial charge in [-0.25, -0.2) is 4.98 Å². The van der Waals surface area contributed by atoms with Crippen molar-refractivity contribution in [2.75, 3.05) is 31.1 Å². The summed E-state index contributed by atoms with van der Waals surface area (Å²) in [5.74, 6) is 1.10. The second kappa shape index (κ2) is 4.86. The van der Waals surface area contributed by atoms with E-state index in [1.54, 1.807) is 0 Å². The molecular weight excluding hydrogens is 224 g/mol. The highest BCUT2D eigenvalue weighted by Crippen LogP contribution is 2.24. The Labute approximate surface area is 109 Å². The maximum atomic E-state index is 5.85. The van der Waals surface area contributed by atoms with Crippen molar-refractivity contribution in [2.24, 2.45) is 5.73 Å². The molecule has 3 rings (SSSR count). The number of rotatable bonds is 2. The molecule has 2 N–H and O–H groups in total. The first-order chi connectivity index (χ1) is 8.74. The highest BCUT2D eigenvalue weighted by Gasteiger charge is 2.30. The molecule has 1 unspecified atom stereocenters. The van der Waals surface area contributed by atoms with Crippen LogP contribution in [0.1, 0.15) is 31.4 Å². The second-order valence-corrected chi connectivity index (χ2v) is 5.52. The van der Waals surface area contributed by atoms with Gasteiger partial charge in [0.25, 0.3) is 0 Å². The first-order valence-electron chi connectivity index (χ1n) is 6.94. The molecule has 18 heavy (non-hydrogen) atoms. The van der Waals surface area contributed by atoms with Crippen LogP contribution in [0.25, 0.3) is 0 Å². The van der Waals surface area contributed by atoms with Crippen LogP contribution in [0, 0.1) is 0 Å². The number of pyridine rings is 1. The minimum absolute atomic E-state index is 0.0678. The van der Waals surface area contributed by atoms with Gasteiger partial charge in [-0.15, -0.1) is 0 Å². The zero-order valence-corrected chi connectivity index (χ0v) is 11.0. The Balaban J connectivity index is 1.71. The van der Waals surface area contributed by atoms with Gasteiger partial charge in [0.15, 0.2) is 0 Å². The maximum absolute atomic E-state index is 5.85. The van der Waals surface area contributed by atoms with E-state index < -0.39 is 0 Å². The van der Waals surface area contributed by atoms with Gasteiger partial charge in [0.1, 0.15) is 5.82 Å². The standard InChI is InChI=1S/C14H22N4/c1-11(15)12-4-5-14(16-9-12)18-8-7-17-6-2-3-13(17)10-18/h4-5,9,11,13H,2-3,6-8,10,15H2,1H3/t11-,13?/m1/s1. The first-order valence-corrected chi connectivity index (χ1v) is 6.94. The summed E-state index contributed by atoms with van der Waals surface area (Å²) >= 11 is 0. The van der Waals surface area contributed by atoms with E-state index in [-0.39, 0.29) is 6.04 Å². The van der Waals surface area contributed by atoms with Gasteiger partial charge in [-0.05, 0) is 37.9 Å². The molecule has 2 saturated heterocycles. The molecule has 4 nitrogen and oxygen atoms in total. The predicted molar refractivity (Wildman–Crippen MR) is 73.6 cm³/mol. The number of aromatic nitrogens is 1. The third-order valence-corrected chi connectivity index (χ3v) is 4.21. The van der Waals surface area contributed by atoms with Gasteiger partial charge < -0.3 is 10.6 Å². The fourth-order valence-electron chi connectivity index (χ4n) is 3.05. The molecule has 2 aliphatic rings. The predicted octanol–water partition coefficient (Wildman–Crippen LogP) is 1.39. The SMILES string of the molecule is C[C@@H](N)c1ccc(N2CCN3CCCC3C2)nc1. The van der Waals surface area contributed by atoms with Crippen molar-refractivity contribution in [2.45, 2.75) is 31.8 Å². The third kappa shape index (κ3) is 2.22. The van der Waals surface area contributed by atoms with Crippen LogP contribution in [0.3, 0.4) is 0 Å². The monoisotopic (exact) mass is 246 g/mol. The number of hydrogen-bond donors (Lipinski definition) is 1. The van der Waals surface area contributed by atoms with E-state index in [0.717, 1.165) is 30.5 Å². The van der Waals surface area contributed by atoms with Gasteiger partial charge in [0, 0.05) is 37.9 Å². The zero-order valence-electron chi connectivity index (χ0n) is 11.0. The minimum atomic E-state index is 0.0678. The Morgan fingerprint density at radius 2 is 2.22 bits per heavy atom. The summed E-state index contributed by atoms with van der Waals surface area (Å²) in [6, 6.07) is 5.03.